The molecule has 0 bridgehead atoms. The molecule has 11 heteroatoms. The summed E-state index contributed by atoms with van der Waals surface area (Å²) < 4.78 is 43.2. The molecule has 1 unspecified atom stereocenters. The molecule has 0 aliphatic carbocycles. The fourth-order valence-corrected chi connectivity index (χ4v) is 5.52. The molecule has 3 aromatic rings. The van der Waals surface area contributed by atoms with Gasteiger partial charge in [-0.3, -0.25) is 4.79 Å². The minimum absolute atomic E-state index is 0.0722. The number of carbonyl (C=O) groups is 1. The van der Waals surface area contributed by atoms with Crippen LogP contribution in [0.1, 0.15) is 42.4 Å². The molecule has 0 radical (unpaired) electrons. The zero-order chi connectivity index (χ0) is 22.9. The summed E-state index contributed by atoms with van der Waals surface area (Å²) >= 11 is 0. The van der Waals surface area contributed by atoms with Crippen LogP contribution >= 0.6 is 0 Å². The predicted molar refractivity (Wildman–Crippen MR) is 115 cm³/mol. The van der Waals surface area contributed by atoms with E-state index < -0.39 is 21.7 Å². The van der Waals surface area contributed by atoms with E-state index in [0.29, 0.717) is 18.1 Å². The quantitative estimate of drug-likeness (QED) is 0.630. The molecular formula is C21H23FN6O3S. The van der Waals surface area contributed by atoms with Gasteiger partial charge in [-0.25, -0.2) is 12.8 Å². The first kappa shape index (κ1) is 22.0. The van der Waals surface area contributed by atoms with E-state index in [2.05, 4.69) is 20.8 Å². The number of hydrogen-bond donors (Lipinski definition) is 1. The molecule has 1 fully saturated rings. The van der Waals surface area contributed by atoms with Crippen LogP contribution in [0, 0.1) is 12.7 Å². The second kappa shape index (κ2) is 8.75. The smallest absolute Gasteiger partial charge is 0.255 e. The normalized spacial score (nSPS) is 17.3. The van der Waals surface area contributed by atoms with Crippen molar-refractivity contribution in [3.05, 3.63) is 59.7 Å². The molecule has 2 aromatic carbocycles. The van der Waals surface area contributed by atoms with E-state index in [1.54, 1.807) is 6.92 Å². The Balaban J connectivity index is 1.58. The van der Waals surface area contributed by atoms with E-state index >= 15 is 0 Å². The first-order valence-electron chi connectivity index (χ1n) is 10.3. The molecule has 1 amide bonds. The topological polar surface area (TPSA) is 110 Å². The second-order valence-electron chi connectivity index (χ2n) is 7.75. The number of benzene rings is 2. The average Bonchev–Trinajstić information content (AvgIpc) is 3.21. The fraction of sp³-hybridized carbons (Fsp3) is 0.333. The van der Waals surface area contributed by atoms with Gasteiger partial charge in [0.15, 0.2) is 5.82 Å². The first-order valence-corrected chi connectivity index (χ1v) is 11.7. The Labute approximate surface area is 185 Å². The number of hydrogen-bond acceptors (Lipinski definition) is 6. The largest absolute Gasteiger partial charge is 0.322 e. The molecule has 168 valence electrons. The van der Waals surface area contributed by atoms with Crippen molar-refractivity contribution < 1.29 is 17.6 Å². The third-order valence-electron chi connectivity index (χ3n) is 5.50. The highest BCUT2D eigenvalue weighted by Crippen LogP contribution is 2.26. The van der Waals surface area contributed by atoms with Crippen molar-refractivity contribution in [3.8, 4) is 5.69 Å². The number of halogens is 1. The zero-order valence-electron chi connectivity index (χ0n) is 17.7. The molecule has 0 saturated carbocycles. The van der Waals surface area contributed by atoms with E-state index in [1.807, 2.05) is 6.92 Å². The van der Waals surface area contributed by atoms with Crippen molar-refractivity contribution in [2.24, 2.45) is 0 Å². The fourth-order valence-electron chi connectivity index (χ4n) is 3.77. The van der Waals surface area contributed by atoms with Crippen molar-refractivity contribution >= 4 is 21.6 Å². The lowest BCUT2D eigenvalue weighted by Crippen LogP contribution is -2.41. The van der Waals surface area contributed by atoms with Gasteiger partial charge in [0.2, 0.25) is 10.0 Å². The summed E-state index contributed by atoms with van der Waals surface area (Å²) in [5, 5.41) is 13.7. The maximum Gasteiger partial charge on any atom is 0.255 e. The van der Waals surface area contributed by atoms with Gasteiger partial charge in [-0.15, -0.1) is 5.10 Å². The van der Waals surface area contributed by atoms with Crippen LogP contribution < -0.4 is 5.32 Å². The molecule has 1 atom stereocenters. The Morgan fingerprint density at radius 3 is 2.72 bits per heavy atom. The molecule has 4 rings (SSSR count). The van der Waals surface area contributed by atoms with E-state index in [9.17, 15) is 17.6 Å². The van der Waals surface area contributed by atoms with Gasteiger partial charge in [0.25, 0.3) is 5.91 Å². The summed E-state index contributed by atoms with van der Waals surface area (Å²) in [5.41, 5.74) is 0.583. The molecule has 1 aromatic heterocycles. The maximum absolute atomic E-state index is 14.3. The van der Waals surface area contributed by atoms with Crippen molar-refractivity contribution in [2.45, 2.75) is 44.0 Å². The molecule has 1 aliphatic heterocycles. The highest BCUT2D eigenvalue weighted by Gasteiger charge is 2.31. The molecule has 9 nitrogen and oxygen atoms in total. The molecule has 1 saturated heterocycles. The second-order valence-corrected chi connectivity index (χ2v) is 9.64. The Morgan fingerprint density at radius 2 is 2.00 bits per heavy atom. The summed E-state index contributed by atoms with van der Waals surface area (Å²) in [7, 11) is -3.71. The summed E-state index contributed by atoms with van der Waals surface area (Å²) in [6.45, 7) is 3.99. The molecular weight excluding hydrogens is 435 g/mol. The molecule has 1 aliphatic rings. The average molecular weight is 459 g/mol. The molecule has 2 heterocycles. The Kier molecular flexibility index (Phi) is 6.02. The van der Waals surface area contributed by atoms with Gasteiger partial charge in [0.05, 0.1) is 4.90 Å². The number of amides is 1. The van der Waals surface area contributed by atoms with E-state index in [1.165, 1.54) is 51.5 Å². The number of sulfonamides is 1. The standard InChI is InChI=1S/C21H23FN6O3S/c1-14-6-3-4-11-27(14)32(30,31)18-8-5-7-16(12-18)21(29)23-17-9-10-19(22)20(13-17)28-15(2)24-25-26-28/h5,7-10,12-14H,3-4,6,11H2,1-2H3,(H,23,29). The van der Waals surface area contributed by atoms with Crippen LogP contribution in [-0.4, -0.2) is 51.4 Å². The van der Waals surface area contributed by atoms with Crippen LogP contribution in [0.25, 0.3) is 5.69 Å². The van der Waals surface area contributed by atoms with Crippen molar-refractivity contribution in [1.82, 2.24) is 24.5 Å². The minimum Gasteiger partial charge on any atom is -0.322 e. The van der Waals surface area contributed by atoms with Gasteiger partial charge in [0.1, 0.15) is 11.5 Å². The van der Waals surface area contributed by atoms with Crippen LogP contribution in [-0.2, 0) is 10.0 Å². The molecule has 0 spiro atoms. The Bertz CT molecular complexity index is 1260. The number of nitrogens with one attached hydrogen (secondary N) is 1. The van der Waals surface area contributed by atoms with Crippen LogP contribution in [0.5, 0.6) is 0 Å². The highest BCUT2D eigenvalue weighted by atomic mass is 32.2. The number of anilines is 1. The number of aromatic nitrogens is 4. The van der Waals surface area contributed by atoms with Gasteiger partial charge >= 0.3 is 0 Å². The zero-order valence-corrected chi connectivity index (χ0v) is 18.5. The van der Waals surface area contributed by atoms with Gasteiger partial charge in [-0.1, -0.05) is 12.5 Å². The number of carbonyl (C=O) groups excluding carboxylic acids is 1. The van der Waals surface area contributed by atoms with Crippen LogP contribution in [0.3, 0.4) is 0 Å². The molecule has 1 N–H and O–H groups in total. The van der Waals surface area contributed by atoms with E-state index in [-0.39, 0.29) is 22.2 Å². The first-order chi connectivity index (χ1) is 15.3. The summed E-state index contributed by atoms with van der Waals surface area (Å²) in [6, 6.07) is 9.86. The van der Waals surface area contributed by atoms with Crippen LogP contribution in [0.4, 0.5) is 10.1 Å². The van der Waals surface area contributed by atoms with Gasteiger partial charge in [-0.2, -0.15) is 8.99 Å². The van der Waals surface area contributed by atoms with Crippen molar-refractivity contribution in [3.63, 3.8) is 0 Å². The SMILES string of the molecule is Cc1nnnn1-c1cc(NC(=O)c2cccc(S(=O)(=O)N3CCCCC3C)c2)ccc1F. The van der Waals surface area contributed by atoms with Crippen molar-refractivity contribution in [1.29, 1.82) is 0 Å². The minimum atomic E-state index is -3.71. The predicted octanol–water partition coefficient (Wildman–Crippen LogP) is 2.93. The third kappa shape index (κ3) is 4.26. The number of rotatable bonds is 5. The monoisotopic (exact) mass is 458 g/mol. The van der Waals surface area contributed by atoms with Crippen LogP contribution in [0.15, 0.2) is 47.4 Å². The lowest BCUT2D eigenvalue weighted by atomic mass is 10.1. The number of tetrazole rings is 1. The van der Waals surface area contributed by atoms with Gasteiger partial charge in [-0.05, 0) is 73.5 Å². The number of nitrogens with zero attached hydrogens (tertiary/aromatic N) is 5. The number of aryl methyl sites for hydroxylation is 1. The van der Waals surface area contributed by atoms with Crippen LogP contribution in [0.2, 0.25) is 0 Å². The summed E-state index contributed by atoms with van der Waals surface area (Å²) in [5.74, 6) is -0.681. The van der Waals surface area contributed by atoms with Gasteiger partial charge in [0, 0.05) is 23.8 Å². The Hall–Kier alpha value is -3.18. The summed E-state index contributed by atoms with van der Waals surface area (Å²) in [6.07, 6.45) is 2.63. The highest BCUT2D eigenvalue weighted by molar-refractivity contribution is 7.89. The van der Waals surface area contributed by atoms with Gasteiger partial charge < -0.3 is 5.32 Å². The maximum atomic E-state index is 14.3. The van der Waals surface area contributed by atoms with E-state index in [4.69, 9.17) is 0 Å². The third-order valence-corrected chi connectivity index (χ3v) is 7.51. The summed E-state index contributed by atoms with van der Waals surface area (Å²) in [4.78, 5) is 12.9. The lowest BCUT2D eigenvalue weighted by molar-refractivity contribution is 0.102. The lowest BCUT2D eigenvalue weighted by Gasteiger charge is -2.32. The Morgan fingerprint density at radius 1 is 1.19 bits per heavy atom. The number of piperidine rings is 1. The van der Waals surface area contributed by atoms with Crippen molar-refractivity contribution in [2.75, 3.05) is 11.9 Å². The van der Waals surface area contributed by atoms with E-state index in [0.717, 1.165) is 19.3 Å². The molecule has 32 heavy (non-hydrogen) atoms.